The molecule has 0 amide bonds. The number of hydrogen-bond acceptors (Lipinski definition) is 4. The SMILES string of the molecule is CC(=O)c1cnn2ccc(OCCO)cc12. The van der Waals surface area contributed by atoms with Gasteiger partial charge in [-0.3, -0.25) is 4.79 Å². The van der Waals surface area contributed by atoms with Crippen LogP contribution in [0.5, 0.6) is 5.75 Å². The topological polar surface area (TPSA) is 63.8 Å². The van der Waals surface area contributed by atoms with Gasteiger partial charge in [0.2, 0.25) is 0 Å². The van der Waals surface area contributed by atoms with Gasteiger partial charge in [-0.25, -0.2) is 4.52 Å². The van der Waals surface area contributed by atoms with Gasteiger partial charge in [0.15, 0.2) is 5.78 Å². The second-order valence-electron chi connectivity index (χ2n) is 3.38. The van der Waals surface area contributed by atoms with E-state index in [1.807, 2.05) is 0 Å². The van der Waals surface area contributed by atoms with Crippen LogP contribution in [0.15, 0.2) is 24.5 Å². The molecule has 0 saturated carbocycles. The zero-order valence-corrected chi connectivity index (χ0v) is 8.88. The van der Waals surface area contributed by atoms with Gasteiger partial charge in [-0.2, -0.15) is 5.10 Å². The van der Waals surface area contributed by atoms with E-state index >= 15 is 0 Å². The van der Waals surface area contributed by atoms with Crippen LogP contribution in [-0.2, 0) is 0 Å². The predicted octanol–water partition coefficient (Wildman–Crippen LogP) is 0.908. The maximum absolute atomic E-state index is 11.3. The van der Waals surface area contributed by atoms with Gasteiger partial charge in [0.1, 0.15) is 12.4 Å². The van der Waals surface area contributed by atoms with E-state index in [9.17, 15) is 4.79 Å². The van der Waals surface area contributed by atoms with Crippen LogP contribution >= 0.6 is 0 Å². The van der Waals surface area contributed by atoms with Gasteiger partial charge in [0, 0.05) is 12.3 Å². The van der Waals surface area contributed by atoms with E-state index in [-0.39, 0.29) is 19.0 Å². The minimum atomic E-state index is -0.0377. The zero-order chi connectivity index (χ0) is 11.5. The predicted molar refractivity (Wildman–Crippen MR) is 57.8 cm³/mol. The Morgan fingerprint density at radius 3 is 3.12 bits per heavy atom. The Morgan fingerprint density at radius 2 is 2.44 bits per heavy atom. The molecule has 0 radical (unpaired) electrons. The molecule has 0 aliphatic heterocycles. The Balaban J connectivity index is 2.42. The van der Waals surface area contributed by atoms with Crippen LogP contribution in [-0.4, -0.2) is 33.7 Å². The summed E-state index contributed by atoms with van der Waals surface area (Å²) in [5.41, 5.74) is 1.28. The molecular formula is C11H12N2O3. The number of aliphatic hydroxyl groups is 1. The van der Waals surface area contributed by atoms with Crippen molar-refractivity contribution >= 4 is 11.3 Å². The molecule has 2 heterocycles. The van der Waals surface area contributed by atoms with Crippen molar-refractivity contribution < 1.29 is 14.6 Å². The third kappa shape index (κ3) is 1.90. The fourth-order valence-electron chi connectivity index (χ4n) is 1.49. The number of nitrogens with zero attached hydrogens (tertiary/aromatic N) is 2. The summed E-state index contributed by atoms with van der Waals surface area (Å²) in [6.07, 6.45) is 3.25. The highest BCUT2D eigenvalue weighted by Crippen LogP contribution is 2.18. The van der Waals surface area contributed by atoms with Gasteiger partial charge in [-0.15, -0.1) is 0 Å². The number of aliphatic hydroxyl groups excluding tert-OH is 1. The molecule has 0 saturated heterocycles. The fraction of sp³-hybridized carbons (Fsp3) is 0.273. The van der Waals surface area contributed by atoms with Crippen molar-refractivity contribution in [3.05, 3.63) is 30.1 Å². The van der Waals surface area contributed by atoms with Crippen LogP contribution in [0.4, 0.5) is 0 Å². The normalized spacial score (nSPS) is 10.6. The van der Waals surface area contributed by atoms with E-state index in [0.29, 0.717) is 16.8 Å². The van der Waals surface area contributed by atoms with Crippen LogP contribution in [0.2, 0.25) is 0 Å². The van der Waals surface area contributed by atoms with Gasteiger partial charge in [-0.05, 0) is 13.0 Å². The lowest BCUT2D eigenvalue weighted by Gasteiger charge is -2.04. The summed E-state index contributed by atoms with van der Waals surface area (Å²) in [5, 5.41) is 12.7. The van der Waals surface area contributed by atoms with E-state index in [4.69, 9.17) is 9.84 Å². The van der Waals surface area contributed by atoms with Crippen molar-refractivity contribution in [1.29, 1.82) is 0 Å². The molecule has 0 aromatic carbocycles. The molecule has 2 aromatic rings. The highest BCUT2D eigenvalue weighted by atomic mass is 16.5. The Hall–Kier alpha value is -1.88. The number of hydrogen-bond donors (Lipinski definition) is 1. The number of carbonyl (C=O) groups excluding carboxylic acids is 1. The largest absolute Gasteiger partial charge is 0.491 e. The van der Waals surface area contributed by atoms with E-state index in [0.717, 1.165) is 0 Å². The van der Waals surface area contributed by atoms with Crippen LogP contribution in [0.1, 0.15) is 17.3 Å². The number of ketones is 1. The molecule has 0 bridgehead atoms. The van der Waals surface area contributed by atoms with Crippen molar-refractivity contribution in [2.75, 3.05) is 13.2 Å². The summed E-state index contributed by atoms with van der Waals surface area (Å²) in [7, 11) is 0. The molecule has 0 aliphatic rings. The molecule has 2 rings (SSSR count). The van der Waals surface area contributed by atoms with Crippen LogP contribution < -0.4 is 4.74 Å². The standard InChI is InChI=1S/C11H12N2O3/c1-8(15)10-7-12-13-3-2-9(6-11(10)13)16-5-4-14/h2-3,6-7,14H,4-5H2,1H3. The summed E-state index contributed by atoms with van der Waals surface area (Å²) in [6, 6.07) is 3.47. The van der Waals surface area contributed by atoms with Gasteiger partial charge >= 0.3 is 0 Å². The summed E-state index contributed by atoms with van der Waals surface area (Å²) in [6.45, 7) is 1.70. The Bertz CT molecular complexity index is 519. The van der Waals surface area contributed by atoms with E-state index in [1.165, 1.54) is 13.1 Å². The van der Waals surface area contributed by atoms with Gasteiger partial charge < -0.3 is 9.84 Å². The number of rotatable bonds is 4. The maximum Gasteiger partial charge on any atom is 0.163 e. The number of aromatic nitrogens is 2. The third-order valence-corrected chi connectivity index (χ3v) is 2.23. The monoisotopic (exact) mass is 220 g/mol. The minimum absolute atomic E-state index is 0.0330. The number of pyridine rings is 1. The van der Waals surface area contributed by atoms with Crippen molar-refractivity contribution in [2.24, 2.45) is 0 Å². The van der Waals surface area contributed by atoms with E-state index in [2.05, 4.69) is 5.10 Å². The smallest absolute Gasteiger partial charge is 0.163 e. The zero-order valence-electron chi connectivity index (χ0n) is 8.88. The minimum Gasteiger partial charge on any atom is -0.491 e. The molecule has 0 unspecified atom stereocenters. The summed E-state index contributed by atoms with van der Waals surface area (Å²) >= 11 is 0. The molecule has 84 valence electrons. The van der Waals surface area contributed by atoms with Crippen molar-refractivity contribution in [3.63, 3.8) is 0 Å². The number of ether oxygens (including phenoxy) is 1. The Kier molecular flexibility index (Phi) is 2.87. The van der Waals surface area contributed by atoms with Crippen LogP contribution in [0, 0.1) is 0 Å². The lowest BCUT2D eigenvalue weighted by molar-refractivity contribution is 0.101. The molecule has 0 aliphatic carbocycles. The maximum atomic E-state index is 11.3. The second kappa shape index (κ2) is 4.32. The molecule has 16 heavy (non-hydrogen) atoms. The van der Waals surface area contributed by atoms with Crippen LogP contribution in [0.3, 0.4) is 0 Å². The fourth-order valence-corrected chi connectivity index (χ4v) is 1.49. The molecule has 0 atom stereocenters. The highest BCUT2D eigenvalue weighted by molar-refractivity contribution is 6.00. The first kappa shape index (κ1) is 10.6. The number of fused-ring (bicyclic) bond motifs is 1. The van der Waals surface area contributed by atoms with Crippen molar-refractivity contribution in [2.45, 2.75) is 6.92 Å². The van der Waals surface area contributed by atoms with Crippen molar-refractivity contribution in [1.82, 2.24) is 9.61 Å². The average Bonchev–Trinajstić information content (AvgIpc) is 2.69. The second-order valence-corrected chi connectivity index (χ2v) is 3.38. The van der Waals surface area contributed by atoms with Crippen molar-refractivity contribution in [3.8, 4) is 5.75 Å². The molecule has 2 aromatic heterocycles. The molecular weight excluding hydrogens is 208 g/mol. The first-order valence-electron chi connectivity index (χ1n) is 4.94. The first-order chi connectivity index (χ1) is 7.72. The average molecular weight is 220 g/mol. The highest BCUT2D eigenvalue weighted by Gasteiger charge is 2.08. The summed E-state index contributed by atoms with van der Waals surface area (Å²) < 4.78 is 6.88. The summed E-state index contributed by atoms with van der Waals surface area (Å²) in [5.74, 6) is 0.582. The van der Waals surface area contributed by atoms with Crippen LogP contribution in [0.25, 0.3) is 5.52 Å². The lowest BCUT2D eigenvalue weighted by Crippen LogP contribution is -2.02. The number of carbonyl (C=O) groups is 1. The lowest BCUT2D eigenvalue weighted by atomic mass is 10.2. The molecule has 5 nitrogen and oxygen atoms in total. The molecule has 0 spiro atoms. The summed E-state index contributed by atoms with van der Waals surface area (Å²) in [4.78, 5) is 11.3. The molecule has 5 heteroatoms. The van der Waals surface area contributed by atoms with Gasteiger partial charge in [0.25, 0.3) is 0 Å². The quantitative estimate of drug-likeness (QED) is 0.778. The van der Waals surface area contributed by atoms with Gasteiger partial charge in [-0.1, -0.05) is 0 Å². The molecule has 1 N–H and O–H groups in total. The van der Waals surface area contributed by atoms with E-state index < -0.39 is 0 Å². The first-order valence-corrected chi connectivity index (χ1v) is 4.94. The number of Topliss-reactive ketones (excluding diaryl/α,β-unsaturated/α-hetero) is 1. The Labute approximate surface area is 92.3 Å². The van der Waals surface area contributed by atoms with E-state index in [1.54, 1.807) is 22.8 Å². The Morgan fingerprint density at radius 1 is 1.62 bits per heavy atom. The van der Waals surface area contributed by atoms with Gasteiger partial charge in [0.05, 0.1) is 23.9 Å². The third-order valence-electron chi connectivity index (χ3n) is 2.23. The molecule has 0 fully saturated rings.